The Bertz CT molecular complexity index is 1440. The maximum atomic E-state index is 13.9. The molecule has 4 atom stereocenters. The monoisotopic (exact) mass is 530 g/mol. The molecule has 0 spiro atoms. The molecule has 0 aliphatic carbocycles. The second-order valence-electron chi connectivity index (χ2n) is 9.95. The van der Waals surface area contributed by atoms with Gasteiger partial charge >= 0.3 is 12.0 Å². The number of ether oxygens (including phenoxy) is 1. The number of urea groups is 1. The number of aliphatic carboxylic acids is 1. The quantitative estimate of drug-likeness (QED) is 0.245. The first-order chi connectivity index (χ1) is 18.8. The lowest BCUT2D eigenvalue weighted by molar-refractivity contribution is -0.152. The van der Waals surface area contributed by atoms with Crippen LogP contribution >= 0.6 is 0 Å². The molecule has 4 amide bonds. The number of carboxylic acids is 1. The van der Waals surface area contributed by atoms with Crippen LogP contribution in [-0.4, -0.2) is 53.0 Å². The van der Waals surface area contributed by atoms with Crippen molar-refractivity contribution < 1.29 is 29.0 Å². The molecule has 10 heteroatoms. The number of hydrogen-bond donors (Lipinski definition) is 4. The van der Waals surface area contributed by atoms with Crippen molar-refractivity contribution in [2.75, 3.05) is 13.7 Å². The molecule has 0 saturated carbocycles. The average Bonchev–Trinajstić information content (AvgIpc) is 3.41. The van der Waals surface area contributed by atoms with Gasteiger partial charge in [0.05, 0.1) is 25.5 Å². The molecule has 0 bridgehead atoms. The average molecular weight is 531 g/mol. The van der Waals surface area contributed by atoms with E-state index >= 15 is 0 Å². The fourth-order valence-electron chi connectivity index (χ4n) is 6.11. The van der Waals surface area contributed by atoms with Gasteiger partial charge in [0.15, 0.2) is 0 Å². The van der Waals surface area contributed by atoms with Crippen LogP contribution in [0, 0.1) is 11.8 Å². The Morgan fingerprint density at radius 1 is 1.03 bits per heavy atom. The van der Waals surface area contributed by atoms with Gasteiger partial charge in [0.1, 0.15) is 11.3 Å². The van der Waals surface area contributed by atoms with E-state index in [0.29, 0.717) is 11.3 Å². The predicted molar refractivity (Wildman–Crippen MR) is 143 cm³/mol. The second-order valence-corrected chi connectivity index (χ2v) is 9.95. The summed E-state index contributed by atoms with van der Waals surface area (Å²) in [5.41, 5.74) is 4.92. The van der Waals surface area contributed by atoms with Gasteiger partial charge in [-0.05, 0) is 35.4 Å². The normalized spacial score (nSPS) is 24.1. The Kier molecular flexibility index (Phi) is 6.96. The minimum Gasteiger partial charge on any atom is -0.496 e. The van der Waals surface area contributed by atoms with E-state index in [1.807, 2.05) is 60.7 Å². The van der Waals surface area contributed by atoms with E-state index in [1.54, 1.807) is 13.2 Å². The summed E-state index contributed by atoms with van der Waals surface area (Å²) in [5.74, 6) is -3.58. The number of carbonyl (C=O) groups is 4. The molecule has 2 aliphatic heterocycles. The zero-order valence-corrected chi connectivity index (χ0v) is 21.4. The number of imide groups is 1. The first kappa shape index (κ1) is 26.2. The van der Waals surface area contributed by atoms with Crippen molar-refractivity contribution in [2.24, 2.45) is 17.6 Å². The number of amides is 4. The number of benzene rings is 3. The predicted octanol–water partition coefficient (Wildman–Crippen LogP) is 2.57. The van der Waals surface area contributed by atoms with Crippen LogP contribution in [0.15, 0.2) is 66.7 Å². The van der Waals surface area contributed by atoms with E-state index in [0.717, 1.165) is 16.3 Å². The van der Waals surface area contributed by atoms with Crippen molar-refractivity contribution >= 4 is 34.6 Å². The van der Waals surface area contributed by atoms with Gasteiger partial charge in [-0.25, -0.2) is 4.79 Å². The first-order valence-corrected chi connectivity index (χ1v) is 12.8. The van der Waals surface area contributed by atoms with Crippen LogP contribution in [0.25, 0.3) is 10.8 Å². The highest BCUT2D eigenvalue weighted by Gasteiger charge is 2.68. The fraction of sp³-hybridized carbons (Fsp3) is 0.310. The summed E-state index contributed by atoms with van der Waals surface area (Å²) in [5, 5.41) is 17.9. The van der Waals surface area contributed by atoms with Crippen LogP contribution in [0.1, 0.15) is 30.0 Å². The highest BCUT2D eigenvalue weighted by Crippen LogP contribution is 2.52. The lowest BCUT2D eigenvalue weighted by Crippen LogP contribution is -2.56. The highest BCUT2D eigenvalue weighted by molar-refractivity contribution is 6.09. The third-order valence-corrected chi connectivity index (χ3v) is 7.83. The maximum absolute atomic E-state index is 13.9. The maximum Gasteiger partial charge on any atom is 0.324 e. The van der Waals surface area contributed by atoms with E-state index in [-0.39, 0.29) is 25.9 Å². The molecular formula is C29H30N4O6. The number of likely N-dealkylation sites (tertiary alicyclic amines) is 1. The smallest absolute Gasteiger partial charge is 0.324 e. The van der Waals surface area contributed by atoms with Crippen molar-refractivity contribution in [1.29, 1.82) is 0 Å². The Labute approximate surface area is 225 Å². The summed E-state index contributed by atoms with van der Waals surface area (Å²) in [4.78, 5) is 53.2. The Hall–Kier alpha value is -4.44. The van der Waals surface area contributed by atoms with Crippen LogP contribution in [0.5, 0.6) is 5.75 Å². The van der Waals surface area contributed by atoms with Crippen LogP contribution in [0.2, 0.25) is 0 Å². The number of rotatable bonds is 9. The summed E-state index contributed by atoms with van der Waals surface area (Å²) >= 11 is 0. The van der Waals surface area contributed by atoms with Crippen LogP contribution in [-0.2, 0) is 20.9 Å². The summed E-state index contributed by atoms with van der Waals surface area (Å²) in [6, 6.07) is 18.8. The van der Waals surface area contributed by atoms with Crippen molar-refractivity contribution in [3.05, 3.63) is 77.9 Å². The molecule has 0 radical (unpaired) electrons. The van der Waals surface area contributed by atoms with Crippen LogP contribution < -0.4 is 21.1 Å². The van der Waals surface area contributed by atoms with E-state index in [4.69, 9.17) is 10.5 Å². The lowest BCUT2D eigenvalue weighted by atomic mass is 9.76. The standard InChI is InChI=1S/C29H30N4O6/c1-39-21-13-12-20(18-10-5-6-11-19(18)21)24-22-23(29(32-24,27(36)37)14-7-15-31-28(30)38)26(35)33(25(22)34)16-17-8-3-2-4-9-17/h2-6,8-13,22-24,32H,7,14-16H2,1H3,(H,36,37)(H3,30,31,38). The van der Waals surface area contributed by atoms with Gasteiger partial charge < -0.3 is 20.9 Å². The lowest BCUT2D eigenvalue weighted by Gasteiger charge is -2.31. The SMILES string of the molecule is COc1ccc(C2NC(CCCNC(N)=O)(C(=O)O)C3C(=O)N(Cc4ccccc4)C(=O)C23)c2ccccc12. The Morgan fingerprint density at radius 2 is 1.72 bits per heavy atom. The third-order valence-electron chi connectivity index (χ3n) is 7.83. The number of carboxylic acid groups (broad SMARTS) is 1. The molecule has 2 fully saturated rings. The van der Waals surface area contributed by atoms with Gasteiger partial charge in [-0.1, -0.05) is 60.7 Å². The molecule has 2 saturated heterocycles. The van der Waals surface area contributed by atoms with Crippen molar-refractivity contribution in [2.45, 2.75) is 31.0 Å². The number of nitrogens with zero attached hydrogens (tertiary/aromatic N) is 1. The molecule has 3 aromatic rings. The van der Waals surface area contributed by atoms with Crippen molar-refractivity contribution in [3.63, 3.8) is 0 Å². The first-order valence-electron chi connectivity index (χ1n) is 12.8. The number of hydrogen-bond acceptors (Lipinski definition) is 6. The van der Waals surface area contributed by atoms with Crippen molar-refractivity contribution in [3.8, 4) is 5.75 Å². The Morgan fingerprint density at radius 3 is 2.38 bits per heavy atom. The van der Waals surface area contributed by atoms with Gasteiger partial charge in [-0.3, -0.25) is 24.6 Å². The largest absolute Gasteiger partial charge is 0.496 e. The molecule has 2 aliphatic rings. The fourth-order valence-corrected chi connectivity index (χ4v) is 6.11. The van der Waals surface area contributed by atoms with E-state index in [1.165, 1.54) is 4.90 Å². The number of nitrogens with one attached hydrogen (secondary N) is 2. The van der Waals surface area contributed by atoms with Crippen LogP contribution in [0.4, 0.5) is 4.79 Å². The molecule has 202 valence electrons. The summed E-state index contributed by atoms with van der Waals surface area (Å²) < 4.78 is 5.53. The molecule has 2 heterocycles. The summed E-state index contributed by atoms with van der Waals surface area (Å²) in [6.07, 6.45) is 0.244. The zero-order valence-electron chi connectivity index (χ0n) is 21.4. The molecular weight excluding hydrogens is 500 g/mol. The minimum absolute atomic E-state index is 0.00651. The molecule has 0 aromatic heterocycles. The zero-order chi connectivity index (χ0) is 27.7. The summed E-state index contributed by atoms with van der Waals surface area (Å²) in [7, 11) is 1.57. The molecule has 5 rings (SSSR count). The van der Waals surface area contributed by atoms with Crippen molar-refractivity contribution in [1.82, 2.24) is 15.5 Å². The van der Waals surface area contributed by atoms with E-state index < -0.39 is 47.2 Å². The number of carbonyl (C=O) groups excluding carboxylic acids is 3. The molecule has 3 aromatic carbocycles. The number of fused-ring (bicyclic) bond motifs is 2. The number of nitrogens with two attached hydrogens (primary N) is 1. The minimum atomic E-state index is -1.73. The highest BCUT2D eigenvalue weighted by atomic mass is 16.5. The summed E-state index contributed by atoms with van der Waals surface area (Å²) in [6.45, 7) is 0.190. The molecule has 5 N–H and O–H groups in total. The van der Waals surface area contributed by atoms with Gasteiger partial charge in [0.2, 0.25) is 11.8 Å². The van der Waals surface area contributed by atoms with Gasteiger partial charge in [-0.15, -0.1) is 0 Å². The molecule has 4 unspecified atom stereocenters. The third kappa shape index (κ3) is 4.46. The Balaban J connectivity index is 1.60. The van der Waals surface area contributed by atoms with Gasteiger partial charge in [0, 0.05) is 18.0 Å². The molecule has 10 nitrogen and oxygen atoms in total. The number of primary amides is 1. The van der Waals surface area contributed by atoms with Crippen LogP contribution in [0.3, 0.4) is 0 Å². The topological polar surface area (TPSA) is 151 Å². The van der Waals surface area contributed by atoms with E-state index in [9.17, 15) is 24.3 Å². The van der Waals surface area contributed by atoms with E-state index in [2.05, 4.69) is 10.6 Å². The van der Waals surface area contributed by atoms with Gasteiger partial charge in [-0.2, -0.15) is 0 Å². The number of methoxy groups -OCH3 is 1. The molecule has 39 heavy (non-hydrogen) atoms. The second kappa shape index (κ2) is 10.4. The van der Waals surface area contributed by atoms with Gasteiger partial charge in [0.25, 0.3) is 0 Å².